The maximum atomic E-state index is 12.0. The summed E-state index contributed by atoms with van der Waals surface area (Å²) in [6.07, 6.45) is 8.69. The fraction of sp³-hybridized carbons (Fsp3) is 0.562. The highest BCUT2D eigenvalue weighted by Gasteiger charge is 2.40. The summed E-state index contributed by atoms with van der Waals surface area (Å²) in [7, 11) is 0. The van der Waals surface area contributed by atoms with Crippen LogP contribution in [0.3, 0.4) is 0 Å². The van der Waals surface area contributed by atoms with E-state index in [4.69, 9.17) is 9.59 Å². The number of aldehydes is 1. The molecule has 1 rings (SSSR count). The molecule has 1 fully saturated rings. The van der Waals surface area contributed by atoms with Gasteiger partial charge < -0.3 is 4.79 Å². The summed E-state index contributed by atoms with van der Waals surface area (Å²) in [6, 6.07) is 0. The van der Waals surface area contributed by atoms with E-state index in [-0.39, 0.29) is 17.3 Å². The van der Waals surface area contributed by atoms with Crippen molar-refractivity contribution in [1.29, 1.82) is 0 Å². The second-order valence-electron chi connectivity index (χ2n) is 5.24. The number of hydrogen-bond donors (Lipinski definition) is 0. The summed E-state index contributed by atoms with van der Waals surface area (Å²) < 4.78 is 0. The number of allylic oxidation sites excluding steroid dienone is 3. The molecule has 0 amide bonds. The van der Waals surface area contributed by atoms with Gasteiger partial charge in [0.15, 0.2) is 5.78 Å². The monoisotopic (exact) mass is 278 g/mol. The smallest absolute Gasteiger partial charge is 0.303 e. The van der Waals surface area contributed by atoms with Gasteiger partial charge in [-0.3, -0.25) is 4.79 Å². The predicted molar refractivity (Wildman–Crippen MR) is 74.7 cm³/mol. The molecule has 0 aromatic carbocycles. The molecule has 1 aliphatic carbocycles. The molecular formula is C16H22O4. The second-order valence-corrected chi connectivity index (χ2v) is 5.24. The van der Waals surface area contributed by atoms with Gasteiger partial charge >= 0.3 is 6.15 Å². The van der Waals surface area contributed by atoms with E-state index in [0.717, 1.165) is 31.1 Å². The van der Waals surface area contributed by atoms with Crippen LogP contribution in [0.2, 0.25) is 0 Å². The van der Waals surface area contributed by atoms with Crippen LogP contribution in [0.15, 0.2) is 24.3 Å². The number of carbonyl (C=O) groups is 2. The Morgan fingerprint density at radius 3 is 2.55 bits per heavy atom. The van der Waals surface area contributed by atoms with Crippen LogP contribution in [0.4, 0.5) is 0 Å². The van der Waals surface area contributed by atoms with Gasteiger partial charge in [-0.1, -0.05) is 32.6 Å². The molecule has 0 spiro atoms. The van der Waals surface area contributed by atoms with Crippen molar-refractivity contribution in [2.75, 3.05) is 0 Å². The van der Waals surface area contributed by atoms with Crippen molar-refractivity contribution in [1.82, 2.24) is 0 Å². The standard InChI is InChI=1S/C15H22O2.CO2/c1-4-7-13-14(17)9-8-12(2)15(13,3)10-5-6-11-16;2-1-3/h4,7,11-12H,1,5-6,8-10H2,2-3H3;/b13-7+;/t12-,15+;/m1./s1. The largest absolute Gasteiger partial charge is 0.373 e. The van der Waals surface area contributed by atoms with Crippen LogP contribution >= 0.6 is 0 Å². The van der Waals surface area contributed by atoms with Crippen LogP contribution in [0.1, 0.15) is 46.0 Å². The van der Waals surface area contributed by atoms with E-state index in [1.807, 2.05) is 6.08 Å². The summed E-state index contributed by atoms with van der Waals surface area (Å²) in [4.78, 5) is 38.6. The van der Waals surface area contributed by atoms with E-state index in [0.29, 0.717) is 18.8 Å². The molecule has 0 bridgehead atoms. The SMILES string of the molecule is C=C/C=C1\C(=O)CC[C@@H](C)[C@]1(C)CCCC=O.O=C=O. The fourth-order valence-electron chi connectivity index (χ4n) is 2.72. The zero-order chi connectivity index (χ0) is 15.6. The third kappa shape index (κ3) is 4.71. The first-order valence-electron chi connectivity index (χ1n) is 6.77. The first kappa shape index (κ1) is 18.2. The van der Waals surface area contributed by atoms with Crippen LogP contribution in [0, 0.1) is 11.3 Å². The van der Waals surface area contributed by atoms with Crippen LogP contribution in [-0.4, -0.2) is 18.2 Å². The Balaban J connectivity index is 0.00000110. The molecule has 1 aliphatic rings. The Morgan fingerprint density at radius 2 is 2.05 bits per heavy atom. The Labute approximate surface area is 119 Å². The molecule has 0 unspecified atom stereocenters. The molecule has 0 radical (unpaired) electrons. The number of rotatable bonds is 5. The normalized spacial score (nSPS) is 27.2. The van der Waals surface area contributed by atoms with Gasteiger partial charge in [-0.05, 0) is 30.6 Å². The van der Waals surface area contributed by atoms with Gasteiger partial charge in [0.1, 0.15) is 6.29 Å². The van der Waals surface area contributed by atoms with E-state index < -0.39 is 0 Å². The molecule has 0 aromatic rings. The fourth-order valence-corrected chi connectivity index (χ4v) is 2.72. The maximum Gasteiger partial charge on any atom is 0.373 e. The van der Waals surface area contributed by atoms with Gasteiger partial charge in [0.2, 0.25) is 0 Å². The molecule has 0 aliphatic heterocycles. The minimum Gasteiger partial charge on any atom is -0.303 e. The molecule has 1 saturated carbocycles. The number of unbranched alkanes of at least 4 members (excludes halogenated alkanes) is 1. The van der Waals surface area contributed by atoms with Crippen molar-refractivity contribution < 1.29 is 19.2 Å². The Kier molecular flexibility index (Phi) is 8.33. The van der Waals surface area contributed by atoms with Gasteiger partial charge in [0.25, 0.3) is 0 Å². The first-order chi connectivity index (χ1) is 9.47. The van der Waals surface area contributed by atoms with Crippen molar-refractivity contribution in [2.45, 2.75) is 46.0 Å². The molecule has 0 N–H and O–H groups in total. The summed E-state index contributed by atoms with van der Waals surface area (Å²) in [6.45, 7) is 8.04. The lowest BCUT2D eigenvalue weighted by Crippen LogP contribution is -2.36. The van der Waals surface area contributed by atoms with E-state index in [1.165, 1.54) is 0 Å². The molecular weight excluding hydrogens is 256 g/mol. The average molecular weight is 278 g/mol. The summed E-state index contributed by atoms with van der Waals surface area (Å²) in [5.41, 5.74) is 0.809. The highest BCUT2D eigenvalue weighted by Crippen LogP contribution is 2.46. The van der Waals surface area contributed by atoms with E-state index >= 15 is 0 Å². The zero-order valence-corrected chi connectivity index (χ0v) is 12.2. The second kappa shape index (κ2) is 9.16. The lowest BCUT2D eigenvalue weighted by molar-refractivity contribution is -0.191. The number of ketones is 1. The molecule has 0 aromatic heterocycles. The van der Waals surface area contributed by atoms with Crippen LogP contribution in [-0.2, 0) is 19.2 Å². The minimum atomic E-state index is -0.0907. The summed E-state index contributed by atoms with van der Waals surface area (Å²) in [5, 5.41) is 0. The Hall–Kier alpha value is -1.80. The van der Waals surface area contributed by atoms with Crippen molar-refractivity contribution in [3.63, 3.8) is 0 Å². The molecule has 0 heterocycles. The van der Waals surface area contributed by atoms with E-state index in [1.54, 1.807) is 6.08 Å². The maximum absolute atomic E-state index is 12.0. The van der Waals surface area contributed by atoms with Crippen molar-refractivity contribution >= 4 is 18.2 Å². The van der Waals surface area contributed by atoms with Crippen LogP contribution in [0.25, 0.3) is 0 Å². The van der Waals surface area contributed by atoms with Gasteiger partial charge in [-0.2, -0.15) is 9.59 Å². The lowest BCUT2D eigenvalue weighted by Gasteiger charge is -2.41. The molecule has 20 heavy (non-hydrogen) atoms. The zero-order valence-electron chi connectivity index (χ0n) is 12.2. The third-order valence-electron chi connectivity index (χ3n) is 4.11. The number of carbonyl (C=O) groups excluding carboxylic acids is 4. The third-order valence-corrected chi connectivity index (χ3v) is 4.11. The van der Waals surface area contributed by atoms with Crippen molar-refractivity contribution in [3.8, 4) is 0 Å². The van der Waals surface area contributed by atoms with E-state index in [9.17, 15) is 9.59 Å². The highest BCUT2D eigenvalue weighted by atomic mass is 16.2. The summed E-state index contributed by atoms with van der Waals surface area (Å²) in [5.74, 6) is 0.731. The minimum absolute atomic E-state index is 0.0907. The Bertz CT molecular complexity index is 416. The van der Waals surface area contributed by atoms with Gasteiger partial charge in [-0.25, -0.2) is 0 Å². The molecule has 2 atom stereocenters. The van der Waals surface area contributed by atoms with Crippen molar-refractivity contribution in [2.24, 2.45) is 11.3 Å². The number of hydrogen-bond acceptors (Lipinski definition) is 4. The average Bonchev–Trinajstić information content (AvgIpc) is 2.41. The first-order valence-corrected chi connectivity index (χ1v) is 6.77. The van der Waals surface area contributed by atoms with Crippen LogP contribution in [0.5, 0.6) is 0 Å². The lowest BCUT2D eigenvalue weighted by atomic mass is 9.62. The Morgan fingerprint density at radius 1 is 1.45 bits per heavy atom. The quantitative estimate of drug-likeness (QED) is 0.440. The predicted octanol–water partition coefficient (Wildman–Crippen LogP) is 2.89. The molecule has 0 saturated heterocycles. The van der Waals surface area contributed by atoms with Gasteiger partial charge in [0.05, 0.1) is 0 Å². The topological polar surface area (TPSA) is 68.3 Å². The molecule has 4 nitrogen and oxygen atoms in total. The van der Waals surface area contributed by atoms with Crippen molar-refractivity contribution in [3.05, 3.63) is 24.3 Å². The summed E-state index contributed by atoms with van der Waals surface area (Å²) >= 11 is 0. The highest BCUT2D eigenvalue weighted by molar-refractivity contribution is 5.97. The van der Waals surface area contributed by atoms with Gasteiger partial charge in [0, 0.05) is 18.4 Å². The molecule has 4 heteroatoms. The van der Waals surface area contributed by atoms with Crippen LogP contribution < -0.4 is 0 Å². The molecule has 110 valence electrons. The number of Topliss-reactive ketones (excluding diaryl/α,β-unsaturated/α-hetero) is 1. The van der Waals surface area contributed by atoms with Gasteiger partial charge in [-0.15, -0.1) is 0 Å². The van der Waals surface area contributed by atoms with E-state index in [2.05, 4.69) is 20.4 Å².